The molecule has 2 aromatic carbocycles. The van der Waals surface area contributed by atoms with Crippen molar-refractivity contribution in [2.24, 2.45) is 0 Å². The zero-order valence-corrected chi connectivity index (χ0v) is 13.2. The molecule has 7 heteroatoms. The predicted molar refractivity (Wildman–Crippen MR) is 88.7 cm³/mol. The topological polar surface area (TPSA) is 76.7 Å². The fourth-order valence-corrected chi connectivity index (χ4v) is 2.25. The first-order valence-corrected chi connectivity index (χ1v) is 7.43. The first-order chi connectivity index (χ1) is 11.6. The zero-order chi connectivity index (χ0) is 16.9. The van der Waals surface area contributed by atoms with Crippen molar-refractivity contribution in [1.82, 2.24) is 10.9 Å². The van der Waals surface area contributed by atoms with Crippen LogP contribution in [0.4, 0.5) is 0 Å². The van der Waals surface area contributed by atoms with E-state index >= 15 is 0 Å². The summed E-state index contributed by atoms with van der Waals surface area (Å²) in [5, 5.41) is 0.577. The average molecular weight is 345 g/mol. The van der Waals surface area contributed by atoms with E-state index in [1.165, 1.54) is 6.08 Å². The molecule has 0 fully saturated rings. The van der Waals surface area contributed by atoms with Crippen molar-refractivity contribution in [3.8, 4) is 11.5 Å². The Balaban J connectivity index is 1.55. The van der Waals surface area contributed by atoms with E-state index in [9.17, 15) is 9.59 Å². The minimum Gasteiger partial charge on any atom is -0.454 e. The number of carbonyl (C=O) groups excluding carboxylic acids is 2. The second-order valence-electron chi connectivity index (χ2n) is 4.90. The van der Waals surface area contributed by atoms with Crippen molar-refractivity contribution in [3.63, 3.8) is 0 Å². The number of hydrogen-bond donors (Lipinski definition) is 2. The Bertz CT molecular complexity index is 820. The van der Waals surface area contributed by atoms with Gasteiger partial charge in [-0.1, -0.05) is 23.7 Å². The van der Waals surface area contributed by atoms with Gasteiger partial charge in [-0.2, -0.15) is 0 Å². The van der Waals surface area contributed by atoms with Crippen LogP contribution in [-0.4, -0.2) is 18.6 Å². The molecule has 122 valence electrons. The van der Waals surface area contributed by atoms with Crippen LogP contribution in [0.5, 0.6) is 11.5 Å². The van der Waals surface area contributed by atoms with Gasteiger partial charge in [0.25, 0.3) is 11.8 Å². The summed E-state index contributed by atoms with van der Waals surface area (Å²) in [6.45, 7) is 0.130. The highest BCUT2D eigenvalue weighted by Gasteiger charge is 2.16. The van der Waals surface area contributed by atoms with Crippen LogP contribution in [0.15, 0.2) is 48.5 Å². The lowest BCUT2D eigenvalue weighted by molar-refractivity contribution is -0.117. The minimum atomic E-state index is -0.468. The third-order valence-corrected chi connectivity index (χ3v) is 3.44. The number of fused-ring (bicyclic) bond motifs is 1. The lowest BCUT2D eigenvalue weighted by atomic mass is 10.2. The number of benzene rings is 2. The molecule has 0 atom stereocenters. The van der Waals surface area contributed by atoms with Gasteiger partial charge < -0.3 is 9.47 Å². The standard InChI is InChI=1S/C17H13ClN2O4/c18-13-3-1-2-11(8-13)4-7-16(21)19-20-17(22)12-5-6-14-15(9-12)24-10-23-14/h1-9H,10H2,(H,19,21)(H,20,22)/b7-4+. The largest absolute Gasteiger partial charge is 0.454 e. The minimum absolute atomic E-state index is 0.130. The molecule has 1 aliphatic rings. The number of halogens is 1. The molecule has 6 nitrogen and oxygen atoms in total. The first-order valence-electron chi connectivity index (χ1n) is 7.05. The first kappa shape index (κ1) is 15.9. The van der Waals surface area contributed by atoms with Crippen molar-refractivity contribution in [3.05, 3.63) is 64.7 Å². The van der Waals surface area contributed by atoms with Crippen molar-refractivity contribution in [2.75, 3.05) is 6.79 Å². The van der Waals surface area contributed by atoms with E-state index in [1.807, 2.05) is 0 Å². The lowest BCUT2D eigenvalue weighted by Gasteiger charge is -2.06. The van der Waals surface area contributed by atoms with Crippen molar-refractivity contribution in [1.29, 1.82) is 0 Å². The summed E-state index contributed by atoms with van der Waals surface area (Å²) in [5.74, 6) is 0.150. The highest BCUT2D eigenvalue weighted by Crippen LogP contribution is 2.32. The molecule has 2 aromatic rings. The number of ether oxygens (including phenoxy) is 2. The summed E-state index contributed by atoms with van der Waals surface area (Å²) in [5.41, 5.74) is 5.75. The number of hydrazine groups is 1. The molecule has 0 aliphatic carbocycles. The Labute approximate surface area is 143 Å². The van der Waals surface area contributed by atoms with Crippen LogP contribution >= 0.6 is 11.6 Å². The maximum absolute atomic E-state index is 12.0. The molecule has 0 bridgehead atoms. The van der Waals surface area contributed by atoms with Gasteiger partial charge in [-0.05, 0) is 42.0 Å². The third-order valence-electron chi connectivity index (χ3n) is 3.21. The lowest BCUT2D eigenvalue weighted by Crippen LogP contribution is -2.40. The van der Waals surface area contributed by atoms with Gasteiger partial charge in [0.2, 0.25) is 6.79 Å². The molecule has 0 saturated carbocycles. The van der Waals surface area contributed by atoms with E-state index in [0.29, 0.717) is 22.1 Å². The van der Waals surface area contributed by atoms with Crippen LogP contribution < -0.4 is 20.3 Å². The molecular formula is C17H13ClN2O4. The molecule has 0 aromatic heterocycles. The highest BCUT2D eigenvalue weighted by molar-refractivity contribution is 6.30. The van der Waals surface area contributed by atoms with Gasteiger partial charge in [0.15, 0.2) is 11.5 Å². The zero-order valence-electron chi connectivity index (χ0n) is 12.4. The maximum atomic E-state index is 12.0. The Kier molecular flexibility index (Phi) is 4.67. The van der Waals surface area contributed by atoms with Gasteiger partial charge in [-0.25, -0.2) is 0 Å². The molecule has 2 amide bonds. The summed E-state index contributed by atoms with van der Waals surface area (Å²) < 4.78 is 10.4. The summed E-state index contributed by atoms with van der Waals surface area (Å²) in [4.78, 5) is 23.7. The number of hydrogen-bond acceptors (Lipinski definition) is 4. The number of rotatable bonds is 3. The number of nitrogens with one attached hydrogen (secondary N) is 2. The summed E-state index contributed by atoms with van der Waals surface area (Å²) in [7, 11) is 0. The van der Waals surface area contributed by atoms with Crippen LogP contribution in [0, 0.1) is 0 Å². The molecule has 2 N–H and O–H groups in total. The van der Waals surface area contributed by atoms with Crippen LogP contribution in [-0.2, 0) is 4.79 Å². The second kappa shape index (κ2) is 7.06. The molecule has 0 unspecified atom stereocenters. The molecule has 0 radical (unpaired) electrons. The fraction of sp³-hybridized carbons (Fsp3) is 0.0588. The molecule has 1 aliphatic heterocycles. The fourth-order valence-electron chi connectivity index (χ4n) is 2.05. The molecule has 24 heavy (non-hydrogen) atoms. The molecule has 0 saturated heterocycles. The summed E-state index contributed by atoms with van der Waals surface area (Å²) in [6, 6.07) is 11.8. The van der Waals surface area contributed by atoms with Gasteiger partial charge in [0.05, 0.1) is 0 Å². The van der Waals surface area contributed by atoms with Crippen molar-refractivity contribution < 1.29 is 19.1 Å². The van der Waals surface area contributed by atoms with Gasteiger partial charge in [-0.3, -0.25) is 20.4 Å². The Hall–Kier alpha value is -2.99. The maximum Gasteiger partial charge on any atom is 0.269 e. The highest BCUT2D eigenvalue weighted by atomic mass is 35.5. The second-order valence-corrected chi connectivity index (χ2v) is 5.34. The van der Waals surface area contributed by atoms with E-state index in [0.717, 1.165) is 5.56 Å². The third kappa shape index (κ3) is 3.85. The quantitative estimate of drug-likeness (QED) is 0.662. The Morgan fingerprint density at radius 1 is 1.04 bits per heavy atom. The van der Waals surface area contributed by atoms with E-state index < -0.39 is 11.8 Å². The predicted octanol–water partition coefficient (Wildman–Crippen LogP) is 2.54. The summed E-state index contributed by atoms with van der Waals surface area (Å²) >= 11 is 5.86. The van der Waals surface area contributed by atoms with E-state index in [2.05, 4.69) is 10.9 Å². The van der Waals surface area contributed by atoms with Crippen LogP contribution in [0.2, 0.25) is 5.02 Å². The smallest absolute Gasteiger partial charge is 0.269 e. The average Bonchev–Trinajstić information content (AvgIpc) is 3.05. The number of amides is 2. The van der Waals surface area contributed by atoms with Gasteiger partial charge in [-0.15, -0.1) is 0 Å². The van der Waals surface area contributed by atoms with E-state index in [1.54, 1.807) is 48.5 Å². The molecule has 3 rings (SSSR count). The summed E-state index contributed by atoms with van der Waals surface area (Å²) in [6.07, 6.45) is 2.89. The molecule has 1 heterocycles. The van der Waals surface area contributed by atoms with E-state index in [-0.39, 0.29) is 6.79 Å². The number of carbonyl (C=O) groups is 2. The Morgan fingerprint density at radius 2 is 1.88 bits per heavy atom. The Morgan fingerprint density at radius 3 is 2.71 bits per heavy atom. The van der Waals surface area contributed by atoms with Crippen molar-refractivity contribution >= 4 is 29.5 Å². The van der Waals surface area contributed by atoms with Gasteiger partial charge in [0, 0.05) is 16.7 Å². The van der Waals surface area contributed by atoms with Gasteiger partial charge >= 0.3 is 0 Å². The van der Waals surface area contributed by atoms with E-state index in [4.69, 9.17) is 21.1 Å². The SMILES string of the molecule is O=C(/C=C/c1cccc(Cl)c1)NNC(=O)c1ccc2c(c1)OCO2. The van der Waals surface area contributed by atoms with Crippen LogP contribution in [0.25, 0.3) is 6.08 Å². The normalized spacial score (nSPS) is 12.2. The van der Waals surface area contributed by atoms with Crippen LogP contribution in [0.1, 0.15) is 15.9 Å². The molecular weight excluding hydrogens is 332 g/mol. The van der Waals surface area contributed by atoms with Crippen molar-refractivity contribution in [2.45, 2.75) is 0 Å². The molecule has 0 spiro atoms. The van der Waals surface area contributed by atoms with Crippen LogP contribution in [0.3, 0.4) is 0 Å². The van der Waals surface area contributed by atoms with Gasteiger partial charge in [0.1, 0.15) is 0 Å². The monoisotopic (exact) mass is 344 g/mol.